The Hall–Kier alpha value is -0.410. The van der Waals surface area contributed by atoms with Gasteiger partial charge in [-0.15, -0.1) is 0 Å². The molecule has 1 saturated heterocycles. The first kappa shape index (κ1) is 6.31. The quantitative estimate of drug-likeness (QED) is 0.482. The fourth-order valence-electron chi connectivity index (χ4n) is 1.58. The van der Waals surface area contributed by atoms with Gasteiger partial charge < -0.3 is 9.47 Å². The summed E-state index contributed by atoms with van der Waals surface area (Å²) in [6, 6.07) is 0. The van der Waals surface area contributed by atoms with Crippen LogP contribution < -0.4 is 0 Å². The van der Waals surface area contributed by atoms with E-state index in [0.717, 1.165) is 0 Å². The predicted molar refractivity (Wildman–Crippen MR) is 33.7 cm³/mol. The van der Waals surface area contributed by atoms with Crippen molar-refractivity contribution in [3.05, 3.63) is 0 Å². The van der Waals surface area contributed by atoms with Crippen LogP contribution in [-0.4, -0.2) is 30.7 Å². The first-order valence-corrected chi connectivity index (χ1v) is 3.51. The van der Waals surface area contributed by atoms with Gasteiger partial charge in [-0.1, -0.05) is 0 Å². The zero-order valence-electron chi connectivity index (χ0n) is 5.92. The number of hydrogen-bond acceptors (Lipinski definition) is 3. The Morgan fingerprint density at radius 2 is 2.40 bits per heavy atom. The van der Waals surface area contributed by atoms with Crippen molar-refractivity contribution in [2.45, 2.75) is 25.0 Å². The Labute approximate surface area is 59.3 Å². The topological polar surface area (TPSA) is 35.5 Å². The maximum atomic E-state index is 10.9. The molecule has 1 aliphatic carbocycles. The van der Waals surface area contributed by atoms with E-state index in [2.05, 4.69) is 0 Å². The molecule has 3 nitrogen and oxygen atoms in total. The second-order valence-electron chi connectivity index (χ2n) is 3.06. The van der Waals surface area contributed by atoms with Crippen LogP contribution in [0.25, 0.3) is 0 Å². The monoisotopic (exact) mass is 142 g/mol. The molecular formula is C7H10O3. The van der Waals surface area contributed by atoms with Crippen molar-refractivity contribution in [2.24, 2.45) is 0 Å². The highest BCUT2D eigenvalue weighted by molar-refractivity contribution is 5.92. The molecule has 0 N–H and O–H groups in total. The number of rotatable bonds is 0. The van der Waals surface area contributed by atoms with Crippen molar-refractivity contribution in [1.82, 2.24) is 0 Å². The molecule has 0 aromatic carbocycles. The third-order valence-corrected chi connectivity index (χ3v) is 2.17. The molecule has 56 valence electrons. The maximum Gasteiger partial charge on any atom is 0.167 e. The Kier molecular flexibility index (Phi) is 1.13. The number of ketones is 1. The molecule has 0 bridgehead atoms. The molecule has 1 saturated carbocycles. The molecule has 0 amide bonds. The van der Waals surface area contributed by atoms with E-state index < -0.39 is 0 Å². The van der Waals surface area contributed by atoms with Crippen LogP contribution in [0.4, 0.5) is 0 Å². The van der Waals surface area contributed by atoms with Gasteiger partial charge in [-0.2, -0.15) is 0 Å². The molecule has 0 aromatic heterocycles. The van der Waals surface area contributed by atoms with E-state index >= 15 is 0 Å². The van der Waals surface area contributed by atoms with Crippen LogP contribution in [0.1, 0.15) is 13.3 Å². The van der Waals surface area contributed by atoms with Gasteiger partial charge in [-0.25, -0.2) is 0 Å². The largest absolute Gasteiger partial charge is 0.369 e. The highest BCUT2D eigenvalue weighted by Gasteiger charge is 2.54. The number of ether oxygens (including phenoxy) is 2. The highest BCUT2D eigenvalue weighted by atomic mass is 16.6. The lowest BCUT2D eigenvalue weighted by molar-refractivity contribution is -0.229. The zero-order valence-corrected chi connectivity index (χ0v) is 5.92. The molecule has 1 aliphatic heterocycles. The summed E-state index contributed by atoms with van der Waals surface area (Å²) < 4.78 is 10.6. The Bertz CT molecular complexity index is 178. The minimum absolute atomic E-state index is 0.183. The maximum absolute atomic E-state index is 10.9. The zero-order chi connectivity index (χ0) is 7.19. The van der Waals surface area contributed by atoms with Crippen molar-refractivity contribution in [3.8, 4) is 0 Å². The summed E-state index contributed by atoms with van der Waals surface area (Å²) in [6.45, 7) is 3.12. The molecule has 0 unspecified atom stereocenters. The van der Waals surface area contributed by atoms with Crippen LogP contribution in [0, 0.1) is 0 Å². The van der Waals surface area contributed by atoms with Gasteiger partial charge in [0.15, 0.2) is 5.78 Å². The molecule has 10 heavy (non-hydrogen) atoms. The van der Waals surface area contributed by atoms with Crippen LogP contribution in [0.5, 0.6) is 0 Å². The fourth-order valence-corrected chi connectivity index (χ4v) is 1.58. The first-order valence-electron chi connectivity index (χ1n) is 3.51. The summed E-state index contributed by atoms with van der Waals surface area (Å²) in [4.78, 5) is 10.9. The second kappa shape index (κ2) is 1.80. The molecule has 0 spiro atoms. The van der Waals surface area contributed by atoms with Crippen LogP contribution in [0.15, 0.2) is 0 Å². The van der Waals surface area contributed by atoms with E-state index in [1.165, 1.54) is 0 Å². The van der Waals surface area contributed by atoms with Crippen LogP contribution in [-0.2, 0) is 14.3 Å². The molecule has 2 fully saturated rings. The predicted octanol–water partition coefficient (Wildman–Crippen LogP) is 0.133. The van der Waals surface area contributed by atoms with E-state index in [0.29, 0.717) is 19.6 Å². The van der Waals surface area contributed by atoms with E-state index in [4.69, 9.17) is 9.47 Å². The summed E-state index contributed by atoms with van der Waals surface area (Å²) in [6.07, 6.45) is 0.263. The van der Waals surface area contributed by atoms with Crippen LogP contribution in [0.2, 0.25) is 0 Å². The van der Waals surface area contributed by atoms with Crippen molar-refractivity contribution in [2.75, 3.05) is 13.2 Å². The van der Waals surface area contributed by atoms with E-state index in [9.17, 15) is 4.79 Å². The normalized spacial score (nSPS) is 46.1. The van der Waals surface area contributed by atoms with Gasteiger partial charge in [0.05, 0.1) is 13.2 Å². The fraction of sp³-hybridized carbons (Fsp3) is 0.857. The van der Waals surface area contributed by atoms with Gasteiger partial charge in [-0.05, 0) is 6.92 Å². The number of carbonyl (C=O) groups excluding carboxylic acids is 1. The third-order valence-electron chi connectivity index (χ3n) is 2.17. The van der Waals surface area contributed by atoms with Gasteiger partial charge in [0.2, 0.25) is 0 Å². The molecule has 3 heteroatoms. The van der Waals surface area contributed by atoms with Crippen molar-refractivity contribution < 1.29 is 14.3 Å². The molecule has 2 rings (SSSR count). The first-order chi connectivity index (χ1) is 4.72. The minimum Gasteiger partial charge on any atom is -0.369 e. The SMILES string of the molecule is C[C@@]12CC(=O)[C@@H]1OCCO2. The van der Waals surface area contributed by atoms with Crippen LogP contribution in [0.3, 0.4) is 0 Å². The third kappa shape index (κ3) is 0.646. The number of hydrogen-bond donors (Lipinski definition) is 0. The van der Waals surface area contributed by atoms with Gasteiger partial charge in [0.25, 0.3) is 0 Å². The Morgan fingerprint density at radius 1 is 1.60 bits per heavy atom. The average Bonchev–Trinajstić information content (AvgIpc) is 1.86. The van der Waals surface area contributed by atoms with E-state index in [1.807, 2.05) is 6.92 Å². The van der Waals surface area contributed by atoms with Crippen molar-refractivity contribution >= 4 is 5.78 Å². The molecular weight excluding hydrogens is 132 g/mol. The number of Topliss-reactive ketones (excluding diaryl/α,β-unsaturated/α-hetero) is 1. The number of fused-ring (bicyclic) bond motifs is 1. The van der Waals surface area contributed by atoms with Gasteiger partial charge in [0, 0.05) is 6.42 Å². The Morgan fingerprint density at radius 3 is 2.90 bits per heavy atom. The smallest absolute Gasteiger partial charge is 0.167 e. The van der Waals surface area contributed by atoms with Gasteiger partial charge >= 0.3 is 0 Å². The summed E-state index contributed by atoms with van der Waals surface area (Å²) in [7, 11) is 0. The summed E-state index contributed by atoms with van der Waals surface area (Å²) in [5, 5.41) is 0. The van der Waals surface area contributed by atoms with Gasteiger partial charge in [0.1, 0.15) is 11.7 Å². The molecule has 2 aliphatic rings. The molecule has 0 aromatic rings. The number of carbonyl (C=O) groups is 1. The molecule has 1 heterocycles. The summed E-state index contributed by atoms with van der Waals surface area (Å²) >= 11 is 0. The minimum atomic E-state index is -0.282. The van der Waals surface area contributed by atoms with Gasteiger partial charge in [-0.3, -0.25) is 4.79 Å². The standard InChI is InChI=1S/C7H10O3/c1-7-4-5(8)6(7)9-2-3-10-7/h6H,2-4H2,1H3/t6-,7+/m0/s1. The van der Waals surface area contributed by atoms with Crippen LogP contribution >= 0.6 is 0 Å². The molecule has 0 radical (unpaired) electrons. The van der Waals surface area contributed by atoms with E-state index in [-0.39, 0.29) is 17.5 Å². The van der Waals surface area contributed by atoms with E-state index in [1.54, 1.807) is 0 Å². The lowest BCUT2D eigenvalue weighted by Gasteiger charge is -2.47. The second-order valence-corrected chi connectivity index (χ2v) is 3.06. The molecule has 2 atom stereocenters. The van der Waals surface area contributed by atoms with Crippen molar-refractivity contribution in [3.63, 3.8) is 0 Å². The summed E-state index contributed by atoms with van der Waals surface area (Å²) in [5.41, 5.74) is -0.282. The lowest BCUT2D eigenvalue weighted by atomic mass is 9.76. The lowest BCUT2D eigenvalue weighted by Crippen LogP contribution is -2.63. The van der Waals surface area contributed by atoms with Crippen molar-refractivity contribution in [1.29, 1.82) is 0 Å². The summed E-state index contributed by atoms with van der Waals surface area (Å²) in [5.74, 6) is 0.183. The highest BCUT2D eigenvalue weighted by Crippen LogP contribution is 2.36. The average molecular weight is 142 g/mol. The Balaban J connectivity index is 2.13.